The summed E-state index contributed by atoms with van der Waals surface area (Å²) in [6.07, 6.45) is 4.79. The monoisotopic (exact) mass is 183 g/mol. The Kier molecular flexibility index (Phi) is 6.88. The molecule has 1 N–H and O–H groups in total. The minimum absolute atomic E-state index is 0.0239. The van der Waals surface area contributed by atoms with Gasteiger partial charge < -0.3 is 5.32 Å². The van der Waals surface area contributed by atoms with Crippen LogP contribution < -0.4 is 5.32 Å². The molecular weight excluding hydrogens is 166 g/mol. The molecular formula is C10H17NO2. The molecule has 0 aliphatic heterocycles. The molecule has 3 nitrogen and oxygen atoms in total. The van der Waals surface area contributed by atoms with Crippen LogP contribution in [0.5, 0.6) is 0 Å². The molecule has 0 aliphatic rings. The van der Waals surface area contributed by atoms with Crippen LogP contribution in [0.2, 0.25) is 0 Å². The number of hydrogen-bond donors (Lipinski definition) is 1. The molecule has 74 valence electrons. The van der Waals surface area contributed by atoms with E-state index in [4.69, 9.17) is 0 Å². The highest BCUT2D eigenvalue weighted by molar-refractivity contribution is 5.89. The summed E-state index contributed by atoms with van der Waals surface area (Å²) in [5, 5.41) is 2.68. The number of nitrogens with one attached hydrogen (secondary N) is 1. The van der Waals surface area contributed by atoms with Crippen molar-refractivity contribution in [2.24, 2.45) is 0 Å². The van der Waals surface area contributed by atoms with Gasteiger partial charge in [-0.25, -0.2) is 0 Å². The topological polar surface area (TPSA) is 46.2 Å². The van der Waals surface area contributed by atoms with E-state index in [0.29, 0.717) is 25.8 Å². The van der Waals surface area contributed by atoms with Gasteiger partial charge in [-0.15, -0.1) is 0 Å². The molecule has 3 heteroatoms. The van der Waals surface area contributed by atoms with Crippen LogP contribution in [0, 0.1) is 0 Å². The standard InChI is InChI=1S/C10H17NO2/c1-3-6-9(12)7-5-8-10(13)11-4-2/h3,6H,4-5,7-8H2,1-2H3,(H,11,13)/b6-3+. The van der Waals surface area contributed by atoms with Gasteiger partial charge in [0.15, 0.2) is 5.78 Å². The molecule has 0 saturated heterocycles. The molecule has 0 saturated carbocycles. The predicted molar refractivity (Wildman–Crippen MR) is 52.4 cm³/mol. The number of ketones is 1. The number of hydrogen-bond acceptors (Lipinski definition) is 2. The van der Waals surface area contributed by atoms with Crippen molar-refractivity contribution in [1.29, 1.82) is 0 Å². The summed E-state index contributed by atoms with van der Waals surface area (Å²) in [6.45, 7) is 4.34. The van der Waals surface area contributed by atoms with Gasteiger partial charge in [-0.1, -0.05) is 6.08 Å². The Morgan fingerprint density at radius 3 is 2.54 bits per heavy atom. The Morgan fingerprint density at radius 2 is 2.00 bits per heavy atom. The van der Waals surface area contributed by atoms with E-state index in [2.05, 4.69) is 5.32 Å². The maximum absolute atomic E-state index is 11.0. The molecule has 1 amide bonds. The maximum Gasteiger partial charge on any atom is 0.219 e. The van der Waals surface area contributed by atoms with Gasteiger partial charge in [0.25, 0.3) is 0 Å². The Labute approximate surface area is 79.2 Å². The Morgan fingerprint density at radius 1 is 1.31 bits per heavy atom. The van der Waals surface area contributed by atoms with Gasteiger partial charge in [0, 0.05) is 19.4 Å². The van der Waals surface area contributed by atoms with Gasteiger partial charge in [-0.3, -0.25) is 9.59 Å². The van der Waals surface area contributed by atoms with Crippen molar-refractivity contribution in [1.82, 2.24) is 5.32 Å². The van der Waals surface area contributed by atoms with Crippen molar-refractivity contribution >= 4 is 11.7 Å². The molecule has 0 aliphatic carbocycles. The summed E-state index contributed by atoms with van der Waals surface area (Å²) in [5.41, 5.74) is 0. The van der Waals surface area contributed by atoms with Gasteiger partial charge in [-0.2, -0.15) is 0 Å². The second kappa shape index (κ2) is 7.53. The summed E-state index contributed by atoms with van der Waals surface area (Å²) in [6, 6.07) is 0. The quantitative estimate of drug-likeness (QED) is 0.633. The van der Waals surface area contributed by atoms with Gasteiger partial charge in [0.2, 0.25) is 5.91 Å². The van der Waals surface area contributed by atoms with Crippen molar-refractivity contribution in [3.63, 3.8) is 0 Å². The van der Waals surface area contributed by atoms with Crippen LogP contribution >= 0.6 is 0 Å². The van der Waals surface area contributed by atoms with Gasteiger partial charge >= 0.3 is 0 Å². The fourth-order valence-corrected chi connectivity index (χ4v) is 0.978. The molecule has 0 aromatic heterocycles. The van der Waals surface area contributed by atoms with E-state index >= 15 is 0 Å². The third kappa shape index (κ3) is 7.25. The van der Waals surface area contributed by atoms with Gasteiger partial charge in [-0.05, 0) is 26.3 Å². The van der Waals surface area contributed by atoms with Crippen molar-refractivity contribution in [3.8, 4) is 0 Å². The molecule has 0 rings (SSSR count). The highest BCUT2D eigenvalue weighted by Gasteiger charge is 2.01. The third-order valence-electron chi connectivity index (χ3n) is 1.55. The zero-order valence-corrected chi connectivity index (χ0v) is 8.30. The first kappa shape index (κ1) is 11.9. The average Bonchev–Trinajstić information content (AvgIpc) is 2.05. The molecule has 0 aromatic rings. The smallest absolute Gasteiger partial charge is 0.219 e. The zero-order chi connectivity index (χ0) is 10.1. The SMILES string of the molecule is C/C=C/C(=O)CCCC(=O)NCC. The maximum atomic E-state index is 11.0. The van der Waals surface area contributed by atoms with Crippen LogP contribution in [0.1, 0.15) is 33.1 Å². The summed E-state index contributed by atoms with van der Waals surface area (Å²) in [7, 11) is 0. The minimum Gasteiger partial charge on any atom is -0.356 e. The average molecular weight is 183 g/mol. The van der Waals surface area contributed by atoms with E-state index in [1.807, 2.05) is 13.8 Å². The fourth-order valence-electron chi connectivity index (χ4n) is 0.978. The molecule has 0 heterocycles. The molecule has 0 atom stereocenters. The number of rotatable bonds is 6. The van der Waals surface area contributed by atoms with E-state index in [0.717, 1.165) is 0 Å². The van der Waals surface area contributed by atoms with Crippen LogP contribution in [0.25, 0.3) is 0 Å². The minimum atomic E-state index is 0.0239. The summed E-state index contributed by atoms with van der Waals surface area (Å²) in [4.78, 5) is 21.9. The lowest BCUT2D eigenvalue weighted by atomic mass is 10.1. The van der Waals surface area contributed by atoms with Gasteiger partial charge in [0.1, 0.15) is 0 Å². The number of carbonyl (C=O) groups is 2. The molecule has 0 unspecified atom stereocenters. The molecule has 0 spiro atoms. The molecule has 0 bridgehead atoms. The van der Waals surface area contributed by atoms with E-state index in [9.17, 15) is 9.59 Å². The Bertz CT molecular complexity index is 197. The van der Waals surface area contributed by atoms with Crippen LogP contribution in [0.3, 0.4) is 0 Å². The number of amides is 1. The van der Waals surface area contributed by atoms with Crippen LogP contribution in [-0.4, -0.2) is 18.2 Å². The first-order valence-electron chi connectivity index (χ1n) is 4.63. The van der Waals surface area contributed by atoms with E-state index in [-0.39, 0.29) is 11.7 Å². The number of carbonyl (C=O) groups excluding carboxylic acids is 2. The lowest BCUT2D eigenvalue weighted by Gasteiger charge is -1.99. The first-order chi connectivity index (χ1) is 6.20. The second-order valence-electron chi connectivity index (χ2n) is 2.77. The Hall–Kier alpha value is -1.12. The van der Waals surface area contributed by atoms with Gasteiger partial charge in [0.05, 0.1) is 0 Å². The fraction of sp³-hybridized carbons (Fsp3) is 0.600. The molecule has 13 heavy (non-hydrogen) atoms. The summed E-state index contributed by atoms with van der Waals surface area (Å²) >= 11 is 0. The normalized spacial score (nSPS) is 10.3. The highest BCUT2D eigenvalue weighted by Crippen LogP contribution is 1.97. The van der Waals surface area contributed by atoms with Crippen LogP contribution in [0.4, 0.5) is 0 Å². The van der Waals surface area contributed by atoms with E-state index < -0.39 is 0 Å². The first-order valence-corrected chi connectivity index (χ1v) is 4.63. The van der Waals surface area contributed by atoms with Crippen molar-refractivity contribution < 1.29 is 9.59 Å². The lowest BCUT2D eigenvalue weighted by molar-refractivity contribution is -0.121. The van der Waals surface area contributed by atoms with Crippen LogP contribution in [-0.2, 0) is 9.59 Å². The van der Waals surface area contributed by atoms with E-state index in [1.165, 1.54) is 6.08 Å². The van der Waals surface area contributed by atoms with Crippen molar-refractivity contribution in [2.75, 3.05) is 6.54 Å². The van der Waals surface area contributed by atoms with Crippen molar-refractivity contribution in [2.45, 2.75) is 33.1 Å². The van der Waals surface area contributed by atoms with Crippen molar-refractivity contribution in [3.05, 3.63) is 12.2 Å². The molecule has 0 fully saturated rings. The summed E-state index contributed by atoms with van der Waals surface area (Å²) < 4.78 is 0. The molecule has 0 radical (unpaired) electrons. The Balaban J connectivity index is 3.44. The third-order valence-corrected chi connectivity index (χ3v) is 1.55. The van der Waals surface area contributed by atoms with E-state index in [1.54, 1.807) is 6.08 Å². The highest BCUT2D eigenvalue weighted by atomic mass is 16.1. The number of allylic oxidation sites excluding steroid dienone is 2. The predicted octanol–water partition coefficient (Wildman–Crippen LogP) is 1.44. The second-order valence-corrected chi connectivity index (χ2v) is 2.77. The summed E-state index contributed by atoms with van der Waals surface area (Å²) in [5.74, 6) is 0.113. The molecule has 0 aromatic carbocycles. The zero-order valence-electron chi connectivity index (χ0n) is 8.30. The largest absolute Gasteiger partial charge is 0.356 e. The lowest BCUT2D eigenvalue weighted by Crippen LogP contribution is -2.22. The van der Waals surface area contributed by atoms with Crippen LogP contribution in [0.15, 0.2) is 12.2 Å².